The van der Waals surface area contributed by atoms with Crippen molar-refractivity contribution in [1.29, 1.82) is 0 Å². The minimum Gasteiger partial charge on any atom is -0.292 e. The van der Waals surface area contributed by atoms with Gasteiger partial charge in [0.25, 0.3) is 0 Å². The Kier molecular flexibility index (Phi) is 2.85. The van der Waals surface area contributed by atoms with E-state index in [1.165, 1.54) is 25.8 Å². The fraction of sp³-hybridized carbons (Fsp3) is 0.474. The number of piperidine rings is 1. The first-order chi connectivity index (χ1) is 9.76. The predicted molar refractivity (Wildman–Crippen MR) is 83.3 cm³/mol. The maximum absolute atomic E-state index is 2.72. The Balaban J connectivity index is 1.55. The maximum atomic E-state index is 2.72. The van der Waals surface area contributed by atoms with Crippen LogP contribution in [0.2, 0.25) is 0 Å². The molecule has 2 aliphatic heterocycles. The van der Waals surface area contributed by atoms with Crippen molar-refractivity contribution < 1.29 is 0 Å². The van der Waals surface area contributed by atoms with Gasteiger partial charge in [0.2, 0.25) is 0 Å². The van der Waals surface area contributed by atoms with Crippen LogP contribution in [-0.4, -0.2) is 11.4 Å². The van der Waals surface area contributed by atoms with E-state index in [0.29, 0.717) is 11.5 Å². The lowest BCUT2D eigenvalue weighted by Gasteiger charge is -2.44. The van der Waals surface area contributed by atoms with E-state index in [-0.39, 0.29) is 0 Å². The summed E-state index contributed by atoms with van der Waals surface area (Å²) in [6.07, 6.45) is 13.1. The predicted octanol–water partition coefficient (Wildman–Crippen LogP) is 4.48. The molecular formula is C19H23N. The molecule has 1 aromatic carbocycles. The van der Waals surface area contributed by atoms with Gasteiger partial charge in [-0.25, -0.2) is 0 Å². The van der Waals surface area contributed by atoms with E-state index in [1.807, 2.05) is 0 Å². The van der Waals surface area contributed by atoms with Crippen molar-refractivity contribution in [2.24, 2.45) is 11.3 Å². The molecule has 20 heavy (non-hydrogen) atoms. The van der Waals surface area contributed by atoms with Gasteiger partial charge in [-0.3, -0.25) is 4.90 Å². The maximum Gasteiger partial charge on any atom is 0.0355 e. The SMILES string of the molecule is CC1(C2CCC3c4ccccc4CN3C2)C=CC=CC1. The third-order valence-corrected chi connectivity index (χ3v) is 5.69. The fourth-order valence-electron chi connectivity index (χ4n) is 4.38. The molecule has 1 saturated heterocycles. The highest BCUT2D eigenvalue weighted by molar-refractivity contribution is 5.34. The van der Waals surface area contributed by atoms with Gasteiger partial charge in [0.15, 0.2) is 0 Å². The Labute approximate surface area is 122 Å². The zero-order chi connectivity index (χ0) is 13.6. The summed E-state index contributed by atoms with van der Waals surface area (Å²) in [6, 6.07) is 9.72. The van der Waals surface area contributed by atoms with Crippen LogP contribution >= 0.6 is 0 Å². The Morgan fingerprint density at radius 3 is 2.90 bits per heavy atom. The van der Waals surface area contributed by atoms with Gasteiger partial charge in [0.05, 0.1) is 0 Å². The summed E-state index contributed by atoms with van der Waals surface area (Å²) in [5.41, 5.74) is 3.52. The van der Waals surface area contributed by atoms with Crippen LogP contribution in [0, 0.1) is 11.3 Å². The van der Waals surface area contributed by atoms with E-state index in [9.17, 15) is 0 Å². The summed E-state index contributed by atoms with van der Waals surface area (Å²) < 4.78 is 0. The largest absolute Gasteiger partial charge is 0.292 e. The van der Waals surface area contributed by atoms with Gasteiger partial charge >= 0.3 is 0 Å². The fourth-order valence-corrected chi connectivity index (χ4v) is 4.38. The van der Waals surface area contributed by atoms with Crippen molar-refractivity contribution in [2.75, 3.05) is 6.54 Å². The van der Waals surface area contributed by atoms with Crippen LogP contribution in [0.15, 0.2) is 48.6 Å². The summed E-state index contributed by atoms with van der Waals surface area (Å²) in [5.74, 6) is 0.800. The summed E-state index contributed by atoms with van der Waals surface area (Å²) in [5, 5.41) is 0. The minimum atomic E-state index is 0.370. The first-order valence-electron chi connectivity index (χ1n) is 7.92. The van der Waals surface area contributed by atoms with Crippen molar-refractivity contribution in [3.05, 3.63) is 59.7 Å². The lowest BCUT2D eigenvalue weighted by molar-refractivity contribution is 0.0672. The van der Waals surface area contributed by atoms with Gasteiger partial charge in [-0.1, -0.05) is 55.5 Å². The number of nitrogens with zero attached hydrogens (tertiary/aromatic N) is 1. The van der Waals surface area contributed by atoms with E-state index in [4.69, 9.17) is 0 Å². The molecule has 3 unspecified atom stereocenters. The van der Waals surface area contributed by atoms with Crippen molar-refractivity contribution in [1.82, 2.24) is 4.90 Å². The Morgan fingerprint density at radius 1 is 1.15 bits per heavy atom. The zero-order valence-corrected chi connectivity index (χ0v) is 12.3. The van der Waals surface area contributed by atoms with Crippen molar-refractivity contribution in [3.8, 4) is 0 Å². The Hall–Kier alpha value is -1.34. The van der Waals surface area contributed by atoms with Gasteiger partial charge in [-0.15, -0.1) is 0 Å². The smallest absolute Gasteiger partial charge is 0.0355 e. The summed E-state index contributed by atoms with van der Waals surface area (Å²) >= 11 is 0. The number of hydrogen-bond donors (Lipinski definition) is 0. The van der Waals surface area contributed by atoms with Crippen molar-refractivity contribution in [2.45, 2.75) is 38.8 Å². The van der Waals surface area contributed by atoms with Crippen LogP contribution in [0.4, 0.5) is 0 Å². The molecule has 104 valence electrons. The molecule has 0 bridgehead atoms. The average molecular weight is 265 g/mol. The van der Waals surface area contributed by atoms with Crippen LogP contribution in [0.25, 0.3) is 0 Å². The molecule has 1 aliphatic carbocycles. The lowest BCUT2D eigenvalue weighted by Crippen LogP contribution is -2.41. The van der Waals surface area contributed by atoms with Gasteiger partial charge < -0.3 is 0 Å². The van der Waals surface area contributed by atoms with Crippen LogP contribution in [0.1, 0.15) is 43.4 Å². The van der Waals surface area contributed by atoms with Crippen LogP contribution in [0.5, 0.6) is 0 Å². The third kappa shape index (κ3) is 1.88. The first kappa shape index (κ1) is 12.4. The lowest BCUT2D eigenvalue weighted by atomic mass is 9.69. The van der Waals surface area contributed by atoms with Crippen LogP contribution in [-0.2, 0) is 6.54 Å². The van der Waals surface area contributed by atoms with Gasteiger partial charge in [0, 0.05) is 19.1 Å². The van der Waals surface area contributed by atoms with Gasteiger partial charge in [0.1, 0.15) is 0 Å². The molecule has 3 atom stereocenters. The number of benzene rings is 1. The molecule has 1 nitrogen and oxygen atoms in total. The van der Waals surface area contributed by atoms with Gasteiger partial charge in [-0.05, 0) is 41.7 Å². The van der Waals surface area contributed by atoms with Crippen molar-refractivity contribution in [3.63, 3.8) is 0 Å². The monoisotopic (exact) mass is 265 g/mol. The normalized spacial score (nSPS) is 35.9. The molecule has 0 spiro atoms. The summed E-state index contributed by atoms with van der Waals surface area (Å²) in [7, 11) is 0. The van der Waals surface area contributed by atoms with Gasteiger partial charge in [-0.2, -0.15) is 0 Å². The second kappa shape index (κ2) is 4.60. The highest BCUT2D eigenvalue weighted by Crippen LogP contribution is 2.47. The number of hydrogen-bond acceptors (Lipinski definition) is 1. The Bertz CT molecular complexity index is 571. The second-order valence-electron chi connectivity index (χ2n) is 6.92. The zero-order valence-electron chi connectivity index (χ0n) is 12.3. The minimum absolute atomic E-state index is 0.370. The topological polar surface area (TPSA) is 3.24 Å². The number of fused-ring (bicyclic) bond motifs is 3. The van der Waals surface area contributed by atoms with E-state index in [2.05, 4.69) is 60.4 Å². The van der Waals surface area contributed by atoms with Crippen LogP contribution < -0.4 is 0 Å². The molecule has 1 aromatic rings. The first-order valence-corrected chi connectivity index (χ1v) is 7.92. The summed E-state index contributed by atoms with van der Waals surface area (Å²) in [4.78, 5) is 2.72. The third-order valence-electron chi connectivity index (χ3n) is 5.69. The second-order valence-corrected chi connectivity index (χ2v) is 6.92. The molecule has 1 heteroatoms. The molecule has 3 aliphatic rings. The molecule has 0 amide bonds. The van der Waals surface area contributed by atoms with E-state index < -0.39 is 0 Å². The molecule has 4 rings (SSSR count). The summed E-state index contributed by atoms with van der Waals surface area (Å²) in [6.45, 7) is 4.86. The molecule has 0 radical (unpaired) electrons. The highest BCUT2D eigenvalue weighted by atomic mass is 15.2. The highest BCUT2D eigenvalue weighted by Gasteiger charge is 2.41. The van der Waals surface area contributed by atoms with E-state index in [1.54, 1.807) is 11.1 Å². The Morgan fingerprint density at radius 2 is 2.05 bits per heavy atom. The number of allylic oxidation sites excluding steroid dienone is 4. The number of rotatable bonds is 1. The molecular weight excluding hydrogens is 242 g/mol. The molecule has 0 aromatic heterocycles. The standard InChI is InChI=1S/C19H23N/c1-19(11-5-2-6-12-19)16-9-10-18-17-8-4-3-7-15(17)13-20(18)14-16/h2-8,11,16,18H,9-10,12-14H2,1H3. The quantitative estimate of drug-likeness (QED) is 0.724. The van der Waals surface area contributed by atoms with E-state index in [0.717, 1.165) is 12.5 Å². The van der Waals surface area contributed by atoms with Crippen molar-refractivity contribution >= 4 is 0 Å². The van der Waals surface area contributed by atoms with Crippen LogP contribution in [0.3, 0.4) is 0 Å². The molecule has 0 N–H and O–H groups in total. The molecule has 2 heterocycles. The average Bonchev–Trinajstić information content (AvgIpc) is 2.85. The molecule has 1 fully saturated rings. The van der Waals surface area contributed by atoms with E-state index >= 15 is 0 Å². The molecule has 0 saturated carbocycles.